The van der Waals surface area contributed by atoms with Crippen molar-refractivity contribution in [3.8, 4) is 0 Å². The molecule has 11 heteroatoms. The Balaban J connectivity index is 1.81. The molecule has 1 amide bonds. The molecule has 0 bridgehead atoms. The van der Waals surface area contributed by atoms with Gasteiger partial charge in [-0.25, -0.2) is 13.8 Å². The van der Waals surface area contributed by atoms with Gasteiger partial charge in [-0.15, -0.1) is 11.3 Å². The monoisotopic (exact) mass is 457 g/mol. The van der Waals surface area contributed by atoms with Crippen molar-refractivity contribution in [2.45, 2.75) is 31.7 Å². The van der Waals surface area contributed by atoms with Crippen LogP contribution < -0.4 is 0 Å². The summed E-state index contributed by atoms with van der Waals surface area (Å²) in [6.07, 6.45) is -0.868. The van der Waals surface area contributed by atoms with E-state index in [0.717, 1.165) is 17.0 Å². The number of halogens is 5. The first-order valence-corrected chi connectivity index (χ1v) is 9.94. The second-order valence-electron chi connectivity index (χ2n) is 6.34. The summed E-state index contributed by atoms with van der Waals surface area (Å²) in [6.45, 7) is 1.79. The number of hydrogen-bond acceptors (Lipinski definition) is 4. The van der Waals surface area contributed by atoms with Crippen molar-refractivity contribution in [3.05, 3.63) is 36.7 Å². The fourth-order valence-electron chi connectivity index (χ4n) is 3.32. The number of aryl methyl sites for hydroxylation is 1. The molecule has 0 N–H and O–H groups in total. The fourth-order valence-corrected chi connectivity index (χ4v) is 5.41. The molecule has 2 heterocycles. The van der Waals surface area contributed by atoms with Crippen LogP contribution in [0.4, 0.5) is 8.78 Å². The number of carbonyl (C=O) groups is 1. The third-order valence-corrected chi connectivity index (χ3v) is 6.93. The zero-order valence-electron chi connectivity index (χ0n) is 14.6. The SMILES string of the molecule is CON(C(=O)c1cn(C)nc1C(F)F)C(C)C1CC1c1c(Cl)sc(Cl)c1Cl. The van der Waals surface area contributed by atoms with Gasteiger partial charge in [0, 0.05) is 18.8 Å². The summed E-state index contributed by atoms with van der Waals surface area (Å²) < 4.78 is 28.5. The van der Waals surface area contributed by atoms with Crippen LogP contribution in [0.2, 0.25) is 13.7 Å². The van der Waals surface area contributed by atoms with E-state index in [1.807, 2.05) is 0 Å². The molecule has 2 aromatic heterocycles. The van der Waals surface area contributed by atoms with Gasteiger partial charge in [-0.1, -0.05) is 34.8 Å². The zero-order chi connectivity index (χ0) is 20.0. The predicted octanol–water partition coefficient (Wildman–Crippen LogP) is 5.58. The Labute approximate surface area is 173 Å². The first kappa shape index (κ1) is 20.8. The molecule has 5 nitrogen and oxygen atoms in total. The maximum absolute atomic E-state index is 13.2. The van der Waals surface area contributed by atoms with Crippen molar-refractivity contribution in [2.75, 3.05) is 7.11 Å². The number of carbonyl (C=O) groups excluding carboxylic acids is 1. The second-order valence-corrected chi connectivity index (χ2v) is 8.94. The summed E-state index contributed by atoms with van der Waals surface area (Å²) >= 11 is 19.7. The lowest BCUT2D eigenvalue weighted by Gasteiger charge is -2.27. The van der Waals surface area contributed by atoms with E-state index in [4.69, 9.17) is 39.6 Å². The van der Waals surface area contributed by atoms with Crippen LogP contribution in [0.1, 0.15) is 47.3 Å². The minimum atomic E-state index is -2.86. The van der Waals surface area contributed by atoms with Gasteiger partial charge in [0.2, 0.25) is 0 Å². The van der Waals surface area contributed by atoms with Gasteiger partial charge in [-0.3, -0.25) is 14.3 Å². The fraction of sp³-hybridized carbons (Fsp3) is 0.500. The van der Waals surface area contributed by atoms with Crippen LogP contribution in [-0.2, 0) is 11.9 Å². The van der Waals surface area contributed by atoms with Crippen molar-refractivity contribution in [1.82, 2.24) is 14.8 Å². The predicted molar refractivity (Wildman–Crippen MR) is 101 cm³/mol. The smallest absolute Gasteiger partial charge is 0.275 e. The number of alkyl halides is 2. The lowest BCUT2D eigenvalue weighted by atomic mass is 10.1. The van der Waals surface area contributed by atoms with Crippen LogP contribution in [0.25, 0.3) is 0 Å². The van der Waals surface area contributed by atoms with Gasteiger partial charge in [0.15, 0.2) is 0 Å². The van der Waals surface area contributed by atoms with Gasteiger partial charge in [0.1, 0.15) is 10.0 Å². The number of rotatable bonds is 6. The van der Waals surface area contributed by atoms with Crippen molar-refractivity contribution in [1.29, 1.82) is 0 Å². The molecule has 0 aromatic carbocycles. The first-order valence-electron chi connectivity index (χ1n) is 7.99. The summed E-state index contributed by atoms with van der Waals surface area (Å²) in [6, 6.07) is -0.385. The van der Waals surface area contributed by atoms with E-state index in [9.17, 15) is 13.6 Å². The maximum atomic E-state index is 13.2. The molecular formula is C16H16Cl3F2N3O2S. The third-order valence-electron chi connectivity index (χ3n) is 4.69. The molecule has 0 spiro atoms. The molecule has 0 radical (unpaired) electrons. The Morgan fingerprint density at radius 1 is 1.41 bits per heavy atom. The van der Waals surface area contributed by atoms with E-state index in [0.29, 0.717) is 13.7 Å². The molecule has 27 heavy (non-hydrogen) atoms. The van der Waals surface area contributed by atoms with E-state index in [1.165, 1.54) is 36.4 Å². The van der Waals surface area contributed by atoms with Gasteiger partial charge in [-0.2, -0.15) is 5.10 Å². The summed E-state index contributed by atoms with van der Waals surface area (Å²) in [5.41, 5.74) is 0.0103. The van der Waals surface area contributed by atoms with Gasteiger partial charge in [0.25, 0.3) is 12.3 Å². The molecule has 0 aliphatic heterocycles. The van der Waals surface area contributed by atoms with Gasteiger partial charge in [0.05, 0.1) is 28.1 Å². The summed E-state index contributed by atoms with van der Waals surface area (Å²) in [5, 5.41) is 5.20. The molecule has 1 saturated carbocycles. The third kappa shape index (κ3) is 3.82. The average Bonchev–Trinajstić information content (AvgIpc) is 3.20. The molecular weight excluding hydrogens is 443 g/mol. The van der Waals surface area contributed by atoms with Crippen LogP contribution in [0.3, 0.4) is 0 Å². The second kappa shape index (κ2) is 7.83. The molecule has 0 saturated heterocycles. The Morgan fingerprint density at radius 3 is 2.59 bits per heavy atom. The van der Waals surface area contributed by atoms with Crippen LogP contribution in [0.5, 0.6) is 0 Å². The topological polar surface area (TPSA) is 47.4 Å². The Morgan fingerprint density at radius 2 is 2.07 bits per heavy atom. The van der Waals surface area contributed by atoms with Gasteiger partial charge >= 0.3 is 0 Å². The number of thiophene rings is 1. The van der Waals surface area contributed by atoms with Crippen molar-refractivity contribution >= 4 is 52.0 Å². The van der Waals surface area contributed by atoms with Gasteiger partial charge < -0.3 is 0 Å². The summed E-state index contributed by atoms with van der Waals surface area (Å²) in [4.78, 5) is 18.0. The Hall–Kier alpha value is -0.930. The first-order chi connectivity index (χ1) is 12.7. The highest BCUT2D eigenvalue weighted by atomic mass is 35.5. The molecule has 1 aliphatic carbocycles. The standard InChI is InChI=1S/C16H16Cl3F2N3O2S/c1-6(7-4-8(7)10-11(17)14(19)27-13(10)18)24(26-3)16(25)9-5-23(2)22-12(9)15(20)21/h5-8,15H,4H2,1-3H3. The summed E-state index contributed by atoms with van der Waals surface area (Å²) in [5.74, 6) is -0.626. The molecule has 3 unspecified atom stereocenters. The highest BCUT2D eigenvalue weighted by molar-refractivity contribution is 7.20. The van der Waals surface area contributed by atoms with Crippen LogP contribution in [-0.4, -0.2) is 33.9 Å². The molecule has 1 fully saturated rings. The molecule has 2 aromatic rings. The summed E-state index contributed by atoms with van der Waals surface area (Å²) in [7, 11) is 2.80. The highest BCUT2D eigenvalue weighted by Crippen LogP contribution is 2.57. The quantitative estimate of drug-likeness (QED) is 0.531. The molecule has 1 aliphatic rings. The lowest BCUT2D eigenvalue weighted by molar-refractivity contribution is -0.124. The van der Waals surface area contributed by atoms with E-state index in [2.05, 4.69) is 5.10 Å². The molecule has 148 valence electrons. The maximum Gasteiger partial charge on any atom is 0.282 e. The largest absolute Gasteiger partial charge is 0.282 e. The zero-order valence-corrected chi connectivity index (χ0v) is 17.6. The van der Waals surface area contributed by atoms with Crippen LogP contribution >= 0.6 is 46.1 Å². The Bertz CT molecular complexity index is 873. The normalized spacial score (nSPS) is 20.2. The molecule has 3 atom stereocenters. The Kier molecular flexibility index (Phi) is 6.03. The van der Waals surface area contributed by atoms with Crippen LogP contribution in [0.15, 0.2) is 6.20 Å². The average molecular weight is 459 g/mol. The highest BCUT2D eigenvalue weighted by Gasteiger charge is 2.48. The minimum Gasteiger partial charge on any atom is -0.275 e. The minimum absolute atomic E-state index is 0.0150. The van der Waals surface area contributed by atoms with Crippen molar-refractivity contribution in [3.63, 3.8) is 0 Å². The lowest BCUT2D eigenvalue weighted by Crippen LogP contribution is -2.39. The van der Waals surface area contributed by atoms with E-state index < -0.39 is 18.0 Å². The number of hydroxylamine groups is 2. The van der Waals surface area contributed by atoms with Crippen molar-refractivity contribution in [2.24, 2.45) is 13.0 Å². The van der Waals surface area contributed by atoms with E-state index >= 15 is 0 Å². The number of aromatic nitrogens is 2. The van der Waals surface area contributed by atoms with Crippen molar-refractivity contribution < 1.29 is 18.4 Å². The molecule has 3 rings (SSSR count). The number of hydrogen-bond donors (Lipinski definition) is 0. The number of amides is 1. The van der Waals surface area contributed by atoms with Crippen LogP contribution in [0, 0.1) is 5.92 Å². The van der Waals surface area contributed by atoms with E-state index in [-0.39, 0.29) is 23.4 Å². The van der Waals surface area contributed by atoms with E-state index in [1.54, 1.807) is 6.92 Å². The van der Waals surface area contributed by atoms with Gasteiger partial charge in [-0.05, 0) is 25.2 Å². The number of nitrogens with zero attached hydrogens (tertiary/aromatic N) is 3.